The van der Waals surface area contributed by atoms with E-state index in [-0.39, 0.29) is 11.8 Å². The van der Waals surface area contributed by atoms with Crippen molar-refractivity contribution in [2.24, 2.45) is 0 Å². The molecule has 1 N–H and O–H groups in total. The van der Waals surface area contributed by atoms with Crippen molar-refractivity contribution in [3.63, 3.8) is 0 Å². The van der Waals surface area contributed by atoms with Gasteiger partial charge >= 0.3 is 6.09 Å². The molecule has 1 unspecified atom stereocenters. The molecule has 4 heterocycles. The molecule has 32 heavy (non-hydrogen) atoms. The minimum Gasteiger partial charge on any atom is -0.507 e. The number of rotatable bonds is 1. The highest BCUT2D eigenvalue weighted by molar-refractivity contribution is 5.93. The van der Waals surface area contributed by atoms with E-state index in [4.69, 9.17) is 14.2 Å². The van der Waals surface area contributed by atoms with Crippen LogP contribution in [-0.2, 0) is 14.2 Å². The second-order valence-corrected chi connectivity index (χ2v) is 9.27. The number of fused-ring (bicyclic) bond motifs is 3. The maximum absolute atomic E-state index is 13.1. The number of aromatic hydroxyl groups is 1. The van der Waals surface area contributed by atoms with Crippen molar-refractivity contribution in [3.8, 4) is 17.0 Å². The molecule has 1 saturated heterocycles. The van der Waals surface area contributed by atoms with Crippen LogP contribution in [0.3, 0.4) is 0 Å². The summed E-state index contributed by atoms with van der Waals surface area (Å²) in [6.45, 7) is 6.53. The highest BCUT2D eigenvalue weighted by atomic mass is 16.7. The number of carbonyl (C=O) groups excluding carboxylic acids is 1. The SMILES string of the molecule is CC(C)(C)OC(=O)N1CC2CC3(CCN2c2cc(-c4ccccc4O)nnc21)OC=CO3. The lowest BCUT2D eigenvalue weighted by molar-refractivity contribution is -0.161. The first-order valence-electron chi connectivity index (χ1n) is 10.7. The number of phenols is 1. The average molecular weight is 438 g/mol. The van der Waals surface area contributed by atoms with E-state index in [0.717, 1.165) is 5.69 Å². The molecular formula is C23H26N4O5. The maximum Gasteiger partial charge on any atom is 0.416 e. The minimum absolute atomic E-state index is 0.0647. The minimum atomic E-state index is -0.709. The van der Waals surface area contributed by atoms with Gasteiger partial charge in [0, 0.05) is 24.9 Å². The third-order valence-electron chi connectivity index (χ3n) is 5.85. The summed E-state index contributed by atoms with van der Waals surface area (Å²) in [5.41, 5.74) is 1.23. The molecule has 9 nitrogen and oxygen atoms in total. The molecule has 1 aromatic heterocycles. The molecule has 1 aromatic carbocycles. The monoisotopic (exact) mass is 438 g/mol. The number of hydrogen-bond donors (Lipinski definition) is 1. The highest BCUT2D eigenvalue weighted by Crippen LogP contribution is 2.44. The third-order valence-corrected chi connectivity index (χ3v) is 5.85. The van der Waals surface area contributed by atoms with Crippen molar-refractivity contribution in [3.05, 3.63) is 42.9 Å². The van der Waals surface area contributed by atoms with Gasteiger partial charge in [0.25, 0.3) is 5.79 Å². The first-order valence-corrected chi connectivity index (χ1v) is 10.7. The second-order valence-electron chi connectivity index (χ2n) is 9.27. The van der Waals surface area contributed by atoms with E-state index in [1.807, 2.05) is 32.9 Å². The summed E-state index contributed by atoms with van der Waals surface area (Å²) in [4.78, 5) is 16.8. The number of aromatic nitrogens is 2. The van der Waals surface area contributed by atoms with E-state index in [0.29, 0.717) is 43.0 Å². The van der Waals surface area contributed by atoms with Gasteiger partial charge < -0.3 is 24.2 Å². The Labute approximate surface area is 186 Å². The summed E-state index contributed by atoms with van der Waals surface area (Å²) >= 11 is 0. The van der Waals surface area contributed by atoms with E-state index in [9.17, 15) is 9.90 Å². The lowest BCUT2D eigenvalue weighted by Gasteiger charge is -2.49. The summed E-state index contributed by atoms with van der Waals surface area (Å²) < 4.78 is 17.2. The predicted molar refractivity (Wildman–Crippen MR) is 117 cm³/mol. The van der Waals surface area contributed by atoms with Crippen LogP contribution >= 0.6 is 0 Å². The summed E-state index contributed by atoms with van der Waals surface area (Å²) in [6, 6.07) is 8.79. The topological polar surface area (TPSA) is 97.3 Å². The van der Waals surface area contributed by atoms with Gasteiger partial charge in [0.1, 0.15) is 23.9 Å². The van der Waals surface area contributed by atoms with Gasteiger partial charge in [-0.1, -0.05) is 12.1 Å². The van der Waals surface area contributed by atoms with Crippen LogP contribution < -0.4 is 9.80 Å². The van der Waals surface area contributed by atoms with Crippen molar-refractivity contribution < 1.29 is 24.1 Å². The zero-order valence-corrected chi connectivity index (χ0v) is 18.3. The number of anilines is 2. The Morgan fingerprint density at radius 2 is 1.97 bits per heavy atom. The normalized spacial score (nSPS) is 20.9. The van der Waals surface area contributed by atoms with E-state index in [1.165, 1.54) is 4.90 Å². The molecule has 0 saturated carbocycles. The molecule has 3 aliphatic heterocycles. The fraction of sp³-hybridized carbons (Fsp3) is 0.435. The van der Waals surface area contributed by atoms with Crippen LogP contribution in [0, 0.1) is 0 Å². The molecule has 0 bridgehead atoms. The lowest BCUT2D eigenvalue weighted by atomic mass is 9.93. The van der Waals surface area contributed by atoms with Crippen LogP contribution in [0.2, 0.25) is 0 Å². The van der Waals surface area contributed by atoms with Crippen LogP contribution in [0.25, 0.3) is 11.3 Å². The number of carbonyl (C=O) groups is 1. The Hall–Kier alpha value is -3.49. The number of para-hydroxylation sites is 1. The molecular weight excluding hydrogens is 412 g/mol. The zero-order chi connectivity index (χ0) is 22.5. The number of nitrogens with zero attached hydrogens (tertiary/aromatic N) is 4. The Morgan fingerprint density at radius 3 is 2.69 bits per heavy atom. The first kappa shape index (κ1) is 20.4. The van der Waals surface area contributed by atoms with Gasteiger partial charge in [-0.15, -0.1) is 10.2 Å². The first-order chi connectivity index (χ1) is 15.2. The summed E-state index contributed by atoms with van der Waals surface area (Å²) in [7, 11) is 0. The van der Waals surface area contributed by atoms with Gasteiger partial charge in [-0.2, -0.15) is 0 Å². The second kappa shape index (κ2) is 7.29. The molecule has 1 amide bonds. The van der Waals surface area contributed by atoms with Gasteiger partial charge in [-0.25, -0.2) is 4.79 Å². The zero-order valence-electron chi connectivity index (χ0n) is 18.3. The molecule has 1 atom stereocenters. The molecule has 5 rings (SSSR count). The Kier molecular flexibility index (Phi) is 4.65. The highest BCUT2D eigenvalue weighted by Gasteiger charge is 2.49. The maximum atomic E-state index is 13.1. The average Bonchev–Trinajstić information content (AvgIpc) is 3.19. The molecule has 0 aliphatic carbocycles. The molecule has 9 heteroatoms. The Bertz CT molecular complexity index is 1070. The van der Waals surface area contributed by atoms with E-state index in [2.05, 4.69) is 15.1 Å². The molecule has 1 spiro atoms. The van der Waals surface area contributed by atoms with Gasteiger partial charge in [0.15, 0.2) is 5.82 Å². The van der Waals surface area contributed by atoms with Crippen LogP contribution in [0.5, 0.6) is 5.75 Å². The van der Waals surface area contributed by atoms with Crippen molar-refractivity contribution in [2.45, 2.75) is 51.0 Å². The molecule has 3 aliphatic rings. The van der Waals surface area contributed by atoms with Crippen LogP contribution in [0.15, 0.2) is 42.9 Å². The largest absolute Gasteiger partial charge is 0.507 e. The summed E-state index contributed by atoms with van der Waals surface area (Å²) in [6.07, 6.45) is 3.90. The number of benzene rings is 1. The van der Waals surface area contributed by atoms with Crippen LogP contribution in [-0.4, -0.2) is 51.9 Å². The van der Waals surface area contributed by atoms with Crippen molar-refractivity contribution in [1.82, 2.24) is 10.2 Å². The van der Waals surface area contributed by atoms with Crippen molar-refractivity contribution in [1.29, 1.82) is 0 Å². The number of phenolic OH excluding ortho intramolecular Hbond substituents is 1. The molecule has 168 valence electrons. The van der Waals surface area contributed by atoms with E-state index < -0.39 is 17.5 Å². The number of piperidine rings is 1. The standard InChI is InChI=1S/C23H26N4O5/c1-22(2,3)32-21(29)27-14-15-13-23(30-10-11-31-23)8-9-26(15)18-12-17(24-25-20(18)27)16-6-4-5-7-19(16)28/h4-7,10-12,15,28H,8-9,13-14H2,1-3H3. The Morgan fingerprint density at radius 1 is 1.22 bits per heavy atom. The predicted octanol–water partition coefficient (Wildman–Crippen LogP) is 3.79. The molecule has 1 fully saturated rings. The summed E-state index contributed by atoms with van der Waals surface area (Å²) in [5.74, 6) is -0.147. The van der Waals surface area contributed by atoms with E-state index in [1.54, 1.807) is 30.7 Å². The van der Waals surface area contributed by atoms with Gasteiger partial charge in [0.2, 0.25) is 0 Å². The lowest BCUT2D eigenvalue weighted by Crippen LogP contribution is -2.59. The van der Waals surface area contributed by atoms with Crippen LogP contribution in [0.1, 0.15) is 33.6 Å². The van der Waals surface area contributed by atoms with Crippen molar-refractivity contribution in [2.75, 3.05) is 22.9 Å². The van der Waals surface area contributed by atoms with Gasteiger partial charge in [-0.05, 0) is 39.0 Å². The molecule has 2 aromatic rings. The fourth-order valence-electron chi connectivity index (χ4n) is 4.45. The quantitative estimate of drug-likeness (QED) is 0.718. The summed E-state index contributed by atoms with van der Waals surface area (Å²) in [5, 5.41) is 19.0. The van der Waals surface area contributed by atoms with Crippen molar-refractivity contribution >= 4 is 17.6 Å². The number of hydrogen-bond acceptors (Lipinski definition) is 8. The third kappa shape index (κ3) is 3.57. The smallest absolute Gasteiger partial charge is 0.416 e. The fourth-order valence-corrected chi connectivity index (χ4v) is 4.45. The Balaban J connectivity index is 1.55. The van der Waals surface area contributed by atoms with E-state index >= 15 is 0 Å². The molecule has 0 radical (unpaired) electrons. The van der Waals surface area contributed by atoms with Gasteiger partial charge in [0.05, 0.1) is 24.0 Å². The van der Waals surface area contributed by atoms with Gasteiger partial charge in [-0.3, -0.25) is 4.90 Å². The number of amides is 1. The number of ether oxygens (including phenoxy) is 3. The van der Waals surface area contributed by atoms with Crippen LogP contribution in [0.4, 0.5) is 16.3 Å².